The molecule has 0 saturated carbocycles. The minimum Gasteiger partial charge on any atom is -0.306 e. The molecule has 0 aliphatic heterocycles. The largest absolute Gasteiger partial charge is 0.306 e. The molecule has 0 aliphatic rings. The maximum atomic E-state index is 4.19. The highest BCUT2D eigenvalue weighted by Crippen LogP contribution is 2.22. The molecule has 0 saturated heterocycles. The molecule has 2 heterocycles. The summed E-state index contributed by atoms with van der Waals surface area (Å²) in [4.78, 5) is 12.3. The van der Waals surface area contributed by atoms with Gasteiger partial charge in [0.05, 0.1) is 6.04 Å². The summed E-state index contributed by atoms with van der Waals surface area (Å²) in [5.74, 6) is 0. The van der Waals surface area contributed by atoms with Gasteiger partial charge >= 0.3 is 0 Å². The first-order valence-electron chi connectivity index (χ1n) is 5.40. The van der Waals surface area contributed by atoms with E-state index in [4.69, 9.17) is 0 Å². The molecule has 0 amide bonds. The highest BCUT2D eigenvalue weighted by atomic mass is 79.9. The molecule has 2 rings (SSSR count). The van der Waals surface area contributed by atoms with Crippen molar-refractivity contribution in [3.63, 3.8) is 0 Å². The molecular formula is C12H13BrN4. The Hall–Kier alpha value is -1.33. The Balaban J connectivity index is 2.35. The minimum absolute atomic E-state index is 0.0752. The normalized spacial score (nSPS) is 12.4. The fraction of sp³-hybridized carbons (Fsp3) is 0.250. The highest BCUT2D eigenvalue weighted by molar-refractivity contribution is 9.10. The van der Waals surface area contributed by atoms with Gasteiger partial charge in [-0.15, -0.1) is 0 Å². The lowest BCUT2D eigenvalue weighted by Gasteiger charge is -2.17. The van der Waals surface area contributed by atoms with Crippen molar-refractivity contribution in [2.45, 2.75) is 13.0 Å². The topological polar surface area (TPSA) is 50.7 Å². The average Bonchev–Trinajstić information content (AvgIpc) is 2.37. The van der Waals surface area contributed by atoms with Crippen LogP contribution in [-0.2, 0) is 0 Å². The number of halogens is 1. The van der Waals surface area contributed by atoms with E-state index in [0.29, 0.717) is 0 Å². The van der Waals surface area contributed by atoms with Crippen molar-refractivity contribution in [1.82, 2.24) is 20.3 Å². The van der Waals surface area contributed by atoms with E-state index in [9.17, 15) is 0 Å². The van der Waals surface area contributed by atoms with Gasteiger partial charge in [0, 0.05) is 34.8 Å². The van der Waals surface area contributed by atoms with E-state index < -0.39 is 0 Å². The fourth-order valence-electron chi connectivity index (χ4n) is 1.68. The van der Waals surface area contributed by atoms with Gasteiger partial charge in [0.2, 0.25) is 0 Å². The van der Waals surface area contributed by atoms with Gasteiger partial charge in [-0.3, -0.25) is 4.98 Å². The van der Waals surface area contributed by atoms with Crippen molar-refractivity contribution in [1.29, 1.82) is 0 Å². The first-order chi connectivity index (χ1) is 8.31. The Morgan fingerprint density at radius 3 is 2.47 bits per heavy atom. The Labute approximate surface area is 109 Å². The lowest BCUT2D eigenvalue weighted by atomic mass is 10.0. The minimum atomic E-state index is 0.0752. The van der Waals surface area contributed by atoms with Crippen molar-refractivity contribution >= 4 is 15.9 Å². The molecular weight excluding hydrogens is 280 g/mol. The van der Waals surface area contributed by atoms with Crippen molar-refractivity contribution < 1.29 is 0 Å². The second-order valence-corrected chi connectivity index (χ2v) is 4.51. The molecule has 0 fully saturated rings. The summed E-state index contributed by atoms with van der Waals surface area (Å²) >= 11 is 3.43. The molecule has 17 heavy (non-hydrogen) atoms. The second kappa shape index (κ2) is 5.84. The maximum Gasteiger partial charge on any atom is 0.115 e. The summed E-state index contributed by atoms with van der Waals surface area (Å²) in [6.45, 7) is 2.94. The number of pyridine rings is 1. The van der Waals surface area contributed by atoms with E-state index in [2.05, 4.69) is 43.1 Å². The third-order valence-electron chi connectivity index (χ3n) is 2.38. The monoisotopic (exact) mass is 292 g/mol. The third-order valence-corrected chi connectivity index (χ3v) is 2.82. The standard InChI is InChI=1S/C12H13BrN4/c1-2-17-12(10-5-15-8-16-6-10)9-3-11(13)7-14-4-9/h3-8,12,17H,2H2,1H3. The van der Waals surface area contributed by atoms with Gasteiger partial charge in [-0.05, 0) is 34.1 Å². The quantitative estimate of drug-likeness (QED) is 0.940. The third kappa shape index (κ3) is 3.08. The molecule has 0 radical (unpaired) electrons. The first-order valence-corrected chi connectivity index (χ1v) is 6.19. The summed E-state index contributed by atoms with van der Waals surface area (Å²) in [6, 6.07) is 2.12. The number of rotatable bonds is 4. The van der Waals surface area contributed by atoms with E-state index in [-0.39, 0.29) is 6.04 Å². The van der Waals surface area contributed by atoms with Crippen molar-refractivity contribution in [3.05, 3.63) is 52.8 Å². The Morgan fingerprint density at radius 2 is 1.82 bits per heavy atom. The predicted molar refractivity (Wildman–Crippen MR) is 69.5 cm³/mol. The van der Waals surface area contributed by atoms with Crippen LogP contribution in [0.15, 0.2) is 41.7 Å². The molecule has 2 aromatic heterocycles. The Kier molecular flexibility index (Phi) is 4.17. The molecule has 4 nitrogen and oxygen atoms in total. The number of aromatic nitrogens is 3. The van der Waals surface area contributed by atoms with E-state index in [1.54, 1.807) is 6.20 Å². The maximum absolute atomic E-state index is 4.19. The molecule has 0 bridgehead atoms. The van der Waals surface area contributed by atoms with Gasteiger partial charge in [-0.25, -0.2) is 9.97 Å². The van der Waals surface area contributed by atoms with Gasteiger partial charge in [0.15, 0.2) is 0 Å². The van der Waals surface area contributed by atoms with Crippen LogP contribution in [0, 0.1) is 0 Å². The lowest BCUT2D eigenvalue weighted by molar-refractivity contribution is 0.623. The average molecular weight is 293 g/mol. The number of nitrogens with one attached hydrogen (secondary N) is 1. The summed E-state index contributed by atoms with van der Waals surface area (Å²) < 4.78 is 0.967. The fourth-order valence-corrected chi connectivity index (χ4v) is 2.06. The van der Waals surface area contributed by atoms with Crippen LogP contribution in [0.5, 0.6) is 0 Å². The van der Waals surface area contributed by atoms with Gasteiger partial charge in [-0.1, -0.05) is 6.92 Å². The van der Waals surface area contributed by atoms with Crippen LogP contribution in [0.1, 0.15) is 24.1 Å². The van der Waals surface area contributed by atoms with Crippen LogP contribution >= 0.6 is 15.9 Å². The van der Waals surface area contributed by atoms with E-state index in [1.165, 1.54) is 6.33 Å². The van der Waals surface area contributed by atoms with Crippen LogP contribution in [0.25, 0.3) is 0 Å². The van der Waals surface area contributed by atoms with Gasteiger partial charge in [0.1, 0.15) is 6.33 Å². The molecule has 1 N–H and O–H groups in total. The van der Waals surface area contributed by atoms with Crippen LogP contribution in [0.2, 0.25) is 0 Å². The van der Waals surface area contributed by atoms with Gasteiger partial charge < -0.3 is 5.32 Å². The van der Waals surface area contributed by atoms with Crippen LogP contribution in [-0.4, -0.2) is 21.5 Å². The highest BCUT2D eigenvalue weighted by Gasteiger charge is 2.13. The number of hydrogen-bond donors (Lipinski definition) is 1. The van der Waals surface area contributed by atoms with Gasteiger partial charge in [0.25, 0.3) is 0 Å². The first kappa shape index (κ1) is 12.1. The Morgan fingerprint density at radius 1 is 1.12 bits per heavy atom. The molecule has 5 heteroatoms. The van der Waals surface area contributed by atoms with E-state index in [0.717, 1.165) is 22.1 Å². The molecule has 0 aliphatic carbocycles. The molecule has 1 unspecified atom stereocenters. The smallest absolute Gasteiger partial charge is 0.115 e. The Bertz CT molecular complexity index is 475. The molecule has 2 aromatic rings. The number of hydrogen-bond acceptors (Lipinski definition) is 4. The zero-order chi connectivity index (χ0) is 12.1. The summed E-state index contributed by atoms with van der Waals surface area (Å²) in [5, 5.41) is 3.40. The lowest BCUT2D eigenvalue weighted by Crippen LogP contribution is -2.22. The zero-order valence-electron chi connectivity index (χ0n) is 9.47. The zero-order valence-corrected chi connectivity index (χ0v) is 11.1. The summed E-state index contributed by atoms with van der Waals surface area (Å²) in [6.07, 6.45) is 8.80. The second-order valence-electron chi connectivity index (χ2n) is 3.60. The van der Waals surface area contributed by atoms with Crippen LogP contribution in [0.3, 0.4) is 0 Å². The molecule has 88 valence electrons. The summed E-state index contributed by atoms with van der Waals surface area (Å²) in [5.41, 5.74) is 2.13. The SMILES string of the molecule is CCNC(c1cncnc1)c1cncc(Br)c1. The van der Waals surface area contributed by atoms with Crippen LogP contribution in [0.4, 0.5) is 0 Å². The van der Waals surface area contributed by atoms with E-state index in [1.807, 2.05) is 24.7 Å². The molecule has 0 spiro atoms. The summed E-state index contributed by atoms with van der Waals surface area (Å²) in [7, 11) is 0. The van der Waals surface area contributed by atoms with E-state index >= 15 is 0 Å². The molecule has 1 atom stereocenters. The molecule has 0 aromatic carbocycles. The number of nitrogens with zero attached hydrogens (tertiary/aromatic N) is 3. The van der Waals surface area contributed by atoms with Crippen molar-refractivity contribution in [2.75, 3.05) is 6.54 Å². The predicted octanol–water partition coefficient (Wildman–Crippen LogP) is 2.33. The van der Waals surface area contributed by atoms with Crippen molar-refractivity contribution in [3.8, 4) is 0 Å². The van der Waals surface area contributed by atoms with Crippen molar-refractivity contribution in [2.24, 2.45) is 0 Å². The van der Waals surface area contributed by atoms with Gasteiger partial charge in [-0.2, -0.15) is 0 Å². The van der Waals surface area contributed by atoms with Crippen LogP contribution < -0.4 is 5.32 Å².